The van der Waals surface area contributed by atoms with Crippen LogP contribution >= 0.6 is 8.58 Å². The Morgan fingerprint density at radius 2 is 1.24 bits per heavy atom. The minimum absolute atomic E-state index is 0. The molecule has 0 saturated heterocycles. The first-order valence-electron chi connectivity index (χ1n) is 12.1. The Balaban J connectivity index is 0.00000578. The number of hydrogen-bond donors (Lipinski definition) is 0. The molecule has 0 aliphatic heterocycles. The van der Waals surface area contributed by atoms with E-state index in [9.17, 15) is 4.79 Å². The van der Waals surface area contributed by atoms with Gasteiger partial charge in [0.15, 0.2) is 5.52 Å². The van der Waals surface area contributed by atoms with E-state index in [2.05, 4.69) is 53.7 Å². The van der Waals surface area contributed by atoms with Crippen LogP contribution in [0.15, 0.2) is 24.3 Å². The van der Waals surface area contributed by atoms with Crippen molar-refractivity contribution in [3.8, 4) is 17.2 Å². The Hall–Kier alpha value is -1.46. The van der Waals surface area contributed by atoms with Crippen molar-refractivity contribution in [2.24, 2.45) is 0 Å². The number of rotatable bonds is 12. The predicted octanol–water partition coefficient (Wildman–Crippen LogP) is 4.12. The fourth-order valence-electron chi connectivity index (χ4n) is 3.57. The standard InChI is InChI=1S/C28H41O4P.Li/c1-9-12-30-22-17-23(31-13-10-2)26(24(18-22)32-14-11-3)33-27(29)25-19(4)15-21(16-20(25)5)28(6,7)8;/h15-18,33H,9-14H2,1-8H3;/q;+1. The molecule has 0 aromatic heterocycles. The van der Waals surface area contributed by atoms with Crippen molar-refractivity contribution in [1.82, 2.24) is 0 Å². The van der Waals surface area contributed by atoms with Crippen LogP contribution in [-0.2, 0) is 5.41 Å². The van der Waals surface area contributed by atoms with Gasteiger partial charge in [0.2, 0.25) is 0 Å². The molecule has 1 unspecified atom stereocenters. The van der Waals surface area contributed by atoms with Crippen LogP contribution in [0.2, 0.25) is 0 Å². The van der Waals surface area contributed by atoms with Crippen LogP contribution in [0.25, 0.3) is 0 Å². The van der Waals surface area contributed by atoms with Crippen molar-refractivity contribution < 1.29 is 37.9 Å². The van der Waals surface area contributed by atoms with Gasteiger partial charge in [-0.1, -0.05) is 53.7 Å². The van der Waals surface area contributed by atoms with Crippen LogP contribution in [0.3, 0.4) is 0 Å². The maximum Gasteiger partial charge on any atom is 1.00 e. The molecule has 0 bridgehead atoms. The van der Waals surface area contributed by atoms with Crippen LogP contribution in [0, 0.1) is 13.8 Å². The quantitative estimate of drug-likeness (QED) is 0.340. The Morgan fingerprint density at radius 1 is 0.794 bits per heavy atom. The van der Waals surface area contributed by atoms with Gasteiger partial charge in [0, 0.05) is 17.7 Å². The van der Waals surface area contributed by atoms with E-state index in [4.69, 9.17) is 14.2 Å². The van der Waals surface area contributed by atoms with Crippen molar-refractivity contribution in [1.29, 1.82) is 0 Å². The van der Waals surface area contributed by atoms with E-state index in [-0.39, 0.29) is 38.4 Å². The van der Waals surface area contributed by atoms with Gasteiger partial charge >= 0.3 is 18.9 Å². The third-order valence-corrected chi connectivity index (χ3v) is 6.52. The van der Waals surface area contributed by atoms with Gasteiger partial charge in [-0.3, -0.25) is 4.79 Å². The second-order valence-corrected chi connectivity index (χ2v) is 10.7. The molecule has 0 aliphatic rings. The second-order valence-electron chi connectivity index (χ2n) is 9.53. The average molecular weight is 480 g/mol. The normalized spacial score (nSPS) is 11.4. The molecule has 0 radical (unpaired) electrons. The molecule has 0 spiro atoms. The van der Waals surface area contributed by atoms with Gasteiger partial charge in [0.25, 0.3) is 0 Å². The maximum atomic E-state index is 13.6. The Morgan fingerprint density at radius 3 is 1.65 bits per heavy atom. The van der Waals surface area contributed by atoms with Crippen LogP contribution in [0.5, 0.6) is 17.2 Å². The summed E-state index contributed by atoms with van der Waals surface area (Å²) in [7, 11) is -0.0937. The van der Waals surface area contributed by atoms with Crippen molar-refractivity contribution in [2.45, 2.75) is 80.1 Å². The number of ether oxygens (including phenoxy) is 3. The Bertz CT molecular complexity index is 898. The first-order valence-corrected chi connectivity index (χ1v) is 13.1. The summed E-state index contributed by atoms with van der Waals surface area (Å²) >= 11 is 0. The molecule has 4 nitrogen and oxygen atoms in total. The smallest absolute Gasteiger partial charge is 0.493 e. The van der Waals surface area contributed by atoms with Crippen LogP contribution in [0.4, 0.5) is 0 Å². The third kappa shape index (κ3) is 8.33. The summed E-state index contributed by atoms with van der Waals surface area (Å²) in [6, 6.07) is 8.11. The SMILES string of the molecule is CCCOc1cc(OCCC)c(PC(=O)c2c(C)cc(C(C)(C)C)cc2C)c(OCCC)c1.[Li+]. The Kier molecular flexibility index (Phi) is 12.8. The molecule has 6 heteroatoms. The molecule has 0 fully saturated rings. The van der Waals surface area contributed by atoms with Gasteiger partial charge < -0.3 is 14.2 Å². The summed E-state index contributed by atoms with van der Waals surface area (Å²) in [5.74, 6) is 2.09. The molecule has 0 amide bonds. The van der Waals surface area contributed by atoms with Crippen LogP contribution in [-0.4, -0.2) is 25.3 Å². The van der Waals surface area contributed by atoms with Gasteiger partial charge in [-0.15, -0.1) is 0 Å². The number of carbonyl (C=O) groups excluding carboxylic acids is 1. The summed E-state index contributed by atoms with van der Waals surface area (Å²) < 4.78 is 18.0. The van der Waals surface area contributed by atoms with E-state index < -0.39 is 0 Å². The summed E-state index contributed by atoms with van der Waals surface area (Å²) in [4.78, 5) is 13.6. The van der Waals surface area contributed by atoms with E-state index in [0.717, 1.165) is 47.0 Å². The molecule has 0 heterocycles. The molecule has 1 atom stereocenters. The summed E-state index contributed by atoms with van der Waals surface area (Å²) in [5.41, 5.74) is 4.23. The fourth-order valence-corrected chi connectivity index (χ4v) is 4.86. The van der Waals surface area contributed by atoms with Gasteiger partial charge in [0.05, 0.1) is 25.1 Å². The molecule has 0 saturated carbocycles. The van der Waals surface area contributed by atoms with Gasteiger partial charge in [-0.05, 0) is 63.8 Å². The van der Waals surface area contributed by atoms with Crippen molar-refractivity contribution in [3.05, 3.63) is 46.5 Å². The predicted molar refractivity (Wildman–Crippen MR) is 141 cm³/mol. The fraction of sp³-hybridized carbons (Fsp3) is 0.536. The monoisotopic (exact) mass is 479 g/mol. The van der Waals surface area contributed by atoms with Crippen molar-refractivity contribution in [2.75, 3.05) is 19.8 Å². The van der Waals surface area contributed by atoms with Gasteiger partial charge in [0.1, 0.15) is 17.2 Å². The number of carbonyl (C=O) groups is 1. The van der Waals surface area contributed by atoms with Gasteiger partial charge in [-0.25, -0.2) is 0 Å². The van der Waals surface area contributed by atoms with E-state index >= 15 is 0 Å². The van der Waals surface area contributed by atoms with Crippen LogP contribution < -0.4 is 38.4 Å². The molecule has 2 aromatic rings. The Labute approximate surface area is 220 Å². The summed E-state index contributed by atoms with van der Waals surface area (Å²) in [5, 5.41) is 0.824. The zero-order valence-electron chi connectivity index (χ0n) is 22.7. The van der Waals surface area contributed by atoms with Crippen molar-refractivity contribution in [3.63, 3.8) is 0 Å². The maximum absolute atomic E-state index is 13.6. The van der Waals surface area contributed by atoms with Crippen LogP contribution in [0.1, 0.15) is 87.9 Å². The van der Waals surface area contributed by atoms with E-state index in [0.29, 0.717) is 31.3 Å². The number of hydrogen-bond acceptors (Lipinski definition) is 4. The largest absolute Gasteiger partial charge is 1.00 e. The number of benzene rings is 2. The molecule has 182 valence electrons. The molecular formula is C28H41LiO4P+. The molecule has 0 aliphatic carbocycles. The summed E-state index contributed by atoms with van der Waals surface area (Å²) in [6.45, 7) is 18.7. The first-order chi connectivity index (χ1) is 15.6. The topological polar surface area (TPSA) is 44.8 Å². The number of aryl methyl sites for hydroxylation is 2. The van der Waals surface area contributed by atoms with E-state index in [1.165, 1.54) is 5.56 Å². The molecule has 0 N–H and O–H groups in total. The van der Waals surface area contributed by atoms with Crippen molar-refractivity contribution >= 4 is 19.4 Å². The second kappa shape index (κ2) is 14.2. The zero-order valence-corrected chi connectivity index (χ0v) is 23.7. The van der Waals surface area contributed by atoms with Gasteiger partial charge in [-0.2, -0.15) is 0 Å². The first kappa shape index (κ1) is 30.6. The molecular weight excluding hydrogens is 438 g/mol. The molecule has 2 aromatic carbocycles. The minimum Gasteiger partial charge on any atom is -0.493 e. The zero-order chi connectivity index (χ0) is 24.6. The molecule has 2 rings (SSSR count). The summed E-state index contributed by atoms with van der Waals surface area (Å²) in [6.07, 6.45) is 2.68. The minimum atomic E-state index is -0.0937. The average Bonchev–Trinajstić information content (AvgIpc) is 2.74. The van der Waals surface area contributed by atoms with E-state index in [1.54, 1.807) is 0 Å². The third-order valence-electron chi connectivity index (χ3n) is 5.30. The van der Waals surface area contributed by atoms with E-state index in [1.807, 2.05) is 26.0 Å². The molecule has 34 heavy (non-hydrogen) atoms.